The molecule has 0 fully saturated rings. The van der Waals surface area contributed by atoms with Crippen LogP contribution in [0.3, 0.4) is 0 Å². The number of methoxy groups -OCH3 is 1. The van der Waals surface area contributed by atoms with Crippen LogP contribution in [0.25, 0.3) is 0 Å². The lowest BCUT2D eigenvalue weighted by atomic mass is 10.2. The highest BCUT2D eigenvalue weighted by molar-refractivity contribution is 7.73. The van der Waals surface area contributed by atoms with Crippen molar-refractivity contribution in [2.45, 2.75) is 0 Å². The molecule has 0 atom stereocenters. The quantitative estimate of drug-likeness (QED) is 0.624. The van der Waals surface area contributed by atoms with Gasteiger partial charge in [0.1, 0.15) is 5.75 Å². The van der Waals surface area contributed by atoms with Gasteiger partial charge in [-0.25, -0.2) is 4.79 Å². The molecular weight excluding hydrogens is 345 g/mol. The standard InChI is InChI=1S/C21H20NO3P/c1-25-20-13-12-16(21(23)24)14-19(20)22-15-26(17-8-4-2-5-9-17)18-10-6-3-7-11-18/h2-14,22H,15H2,1H3,(H,23,24). The number of benzene rings is 3. The second-order valence-electron chi connectivity index (χ2n) is 5.65. The normalized spacial score (nSPS) is 10.5. The molecule has 26 heavy (non-hydrogen) atoms. The van der Waals surface area contributed by atoms with Gasteiger partial charge in [-0.15, -0.1) is 0 Å². The monoisotopic (exact) mass is 365 g/mol. The van der Waals surface area contributed by atoms with Crippen molar-refractivity contribution in [3.05, 3.63) is 84.4 Å². The maximum Gasteiger partial charge on any atom is 0.335 e. The molecule has 0 radical (unpaired) electrons. The summed E-state index contributed by atoms with van der Waals surface area (Å²) in [6.07, 6.45) is 0.683. The smallest absolute Gasteiger partial charge is 0.335 e. The highest BCUT2D eigenvalue weighted by Crippen LogP contribution is 2.35. The lowest BCUT2D eigenvalue weighted by Gasteiger charge is -2.21. The van der Waals surface area contributed by atoms with Crippen LogP contribution < -0.4 is 20.7 Å². The minimum atomic E-state index is -0.955. The Labute approximate surface area is 154 Å². The second-order valence-corrected chi connectivity index (χ2v) is 7.86. The van der Waals surface area contributed by atoms with Crippen LogP contribution in [0.2, 0.25) is 0 Å². The Hall–Kier alpha value is -2.84. The molecule has 0 aromatic heterocycles. The van der Waals surface area contributed by atoms with E-state index in [-0.39, 0.29) is 5.56 Å². The topological polar surface area (TPSA) is 58.6 Å². The number of carboxylic acid groups (broad SMARTS) is 1. The predicted octanol–water partition coefficient (Wildman–Crippen LogP) is 3.90. The molecule has 0 bridgehead atoms. The number of carboxylic acids is 1. The molecule has 0 aliphatic rings. The lowest BCUT2D eigenvalue weighted by Crippen LogP contribution is -2.18. The summed E-state index contributed by atoms with van der Waals surface area (Å²) in [4.78, 5) is 11.3. The van der Waals surface area contributed by atoms with Crippen molar-refractivity contribution < 1.29 is 14.6 Å². The summed E-state index contributed by atoms with van der Waals surface area (Å²) >= 11 is 0. The largest absolute Gasteiger partial charge is 0.495 e. The fraction of sp³-hybridized carbons (Fsp3) is 0.0952. The third kappa shape index (κ3) is 4.22. The molecule has 3 rings (SSSR count). The molecule has 0 saturated carbocycles. The van der Waals surface area contributed by atoms with E-state index in [1.807, 2.05) is 36.4 Å². The van der Waals surface area contributed by atoms with Gasteiger partial charge in [-0.1, -0.05) is 60.7 Å². The van der Waals surface area contributed by atoms with Crippen LogP contribution in [0.5, 0.6) is 5.75 Å². The van der Waals surface area contributed by atoms with Gasteiger partial charge < -0.3 is 15.2 Å². The van der Waals surface area contributed by atoms with Crippen LogP contribution in [0.4, 0.5) is 5.69 Å². The van der Waals surface area contributed by atoms with Crippen molar-refractivity contribution in [3.63, 3.8) is 0 Å². The molecule has 3 aromatic rings. The number of aromatic carboxylic acids is 1. The van der Waals surface area contributed by atoms with Gasteiger partial charge in [0.2, 0.25) is 0 Å². The molecule has 132 valence electrons. The fourth-order valence-electron chi connectivity index (χ4n) is 2.69. The van der Waals surface area contributed by atoms with Crippen LogP contribution in [0.1, 0.15) is 10.4 Å². The second kappa shape index (κ2) is 8.50. The van der Waals surface area contributed by atoms with E-state index in [1.165, 1.54) is 10.6 Å². The first kappa shape index (κ1) is 18.0. The Bertz CT molecular complexity index is 829. The minimum absolute atomic E-state index is 0.233. The van der Waals surface area contributed by atoms with Crippen molar-refractivity contribution >= 4 is 30.2 Å². The van der Waals surface area contributed by atoms with Crippen LogP contribution in [-0.4, -0.2) is 24.5 Å². The number of rotatable bonds is 7. The number of carbonyl (C=O) groups is 1. The van der Waals surface area contributed by atoms with E-state index in [0.29, 0.717) is 17.7 Å². The molecule has 0 unspecified atom stereocenters. The Morgan fingerprint density at radius 3 is 2.04 bits per heavy atom. The summed E-state index contributed by atoms with van der Waals surface area (Å²) in [5, 5.41) is 15.2. The SMILES string of the molecule is COc1ccc(C(=O)O)cc1NCP(c1ccccc1)c1ccccc1. The van der Waals surface area contributed by atoms with Gasteiger partial charge in [0, 0.05) is 6.29 Å². The van der Waals surface area contributed by atoms with Gasteiger partial charge in [0.05, 0.1) is 18.4 Å². The lowest BCUT2D eigenvalue weighted by molar-refractivity contribution is 0.0697. The van der Waals surface area contributed by atoms with Crippen LogP contribution in [0.15, 0.2) is 78.9 Å². The number of ether oxygens (including phenoxy) is 1. The molecule has 0 amide bonds. The van der Waals surface area contributed by atoms with Gasteiger partial charge in [0.15, 0.2) is 0 Å². The molecule has 0 aliphatic carbocycles. The minimum Gasteiger partial charge on any atom is -0.495 e. The van der Waals surface area contributed by atoms with E-state index >= 15 is 0 Å². The number of anilines is 1. The fourth-order valence-corrected chi connectivity index (χ4v) is 4.75. The number of nitrogens with one attached hydrogen (secondary N) is 1. The summed E-state index contributed by atoms with van der Waals surface area (Å²) in [6.45, 7) is 0. The zero-order valence-electron chi connectivity index (χ0n) is 14.4. The molecular formula is C21H20NO3P. The Morgan fingerprint density at radius 1 is 0.962 bits per heavy atom. The molecule has 2 N–H and O–H groups in total. The average Bonchev–Trinajstić information content (AvgIpc) is 2.69. The maximum absolute atomic E-state index is 11.3. The molecule has 4 nitrogen and oxygen atoms in total. The first-order chi connectivity index (χ1) is 12.7. The van der Waals surface area contributed by atoms with Crippen molar-refractivity contribution in [1.82, 2.24) is 0 Å². The third-order valence-electron chi connectivity index (χ3n) is 4.01. The number of hydrogen-bond donors (Lipinski definition) is 2. The number of hydrogen-bond acceptors (Lipinski definition) is 3. The van der Waals surface area contributed by atoms with Crippen molar-refractivity contribution in [2.24, 2.45) is 0 Å². The summed E-state index contributed by atoms with van der Waals surface area (Å²) < 4.78 is 5.38. The van der Waals surface area contributed by atoms with E-state index in [1.54, 1.807) is 25.3 Å². The van der Waals surface area contributed by atoms with E-state index in [9.17, 15) is 9.90 Å². The highest BCUT2D eigenvalue weighted by Gasteiger charge is 2.15. The third-order valence-corrected chi connectivity index (χ3v) is 6.33. The maximum atomic E-state index is 11.3. The highest BCUT2D eigenvalue weighted by atomic mass is 31.1. The van der Waals surface area contributed by atoms with Gasteiger partial charge in [-0.05, 0) is 36.7 Å². The molecule has 5 heteroatoms. The summed E-state index contributed by atoms with van der Waals surface area (Å²) in [6, 6.07) is 25.5. The Kier molecular flexibility index (Phi) is 5.88. The van der Waals surface area contributed by atoms with Crippen LogP contribution >= 0.6 is 7.92 Å². The van der Waals surface area contributed by atoms with E-state index in [2.05, 4.69) is 29.6 Å². The molecule has 0 aliphatic heterocycles. The first-order valence-corrected chi connectivity index (χ1v) is 9.74. The first-order valence-electron chi connectivity index (χ1n) is 8.22. The van der Waals surface area contributed by atoms with Crippen molar-refractivity contribution in [1.29, 1.82) is 0 Å². The molecule has 0 saturated heterocycles. The summed E-state index contributed by atoms with van der Waals surface area (Å²) in [7, 11) is 0.950. The molecule has 3 aromatic carbocycles. The van der Waals surface area contributed by atoms with Gasteiger partial charge in [-0.3, -0.25) is 0 Å². The molecule has 0 spiro atoms. The average molecular weight is 365 g/mol. The van der Waals surface area contributed by atoms with Gasteiger partial charge in [-0.2, -0.15) is 0 Å². The molecule has 0 heterocycles. The van der Waals surface area contributed by atoms with E-state index in [4.69, 9.17) is 4.74 Å². The summed E-state index contributed by atoms with van der Waals surface area (Å²) in [5.74, 6) is -0.324. The summed E-state index contributed by atoms with van der Waals surface area (Å²) in [5.41, 5.74) is 0.920. The van der Waals surface area contributed by atoms with Crippen LogP contribution in [-0.2, 0) is 0 Å². The van der Waals surface area contributed by atoms with Gasteiger partial charge >= 0.3 is 5.97 Å². The van der Waals surface area contributed by atoms with E-state index < -0.39 is 13.9 Å². The van der Waals surface area contributed by atoms with Crippen LogP contribution in [0, 0.1) is 0 Å². The van der Waals surface area contributed by atoms with Crippen molar-refractivity contribution in [3.8, 4) is 5.75 Å². The van der Waals surface area contributed by atoms with Gasteiger partial charge in [0.25, 0.3) is 0 Å². The zero-order valence-corrected chi connectivity index (χ0v) is 15.3. The predicted molar refractivity (Wildman–Crippen MR) is 108 cm³/mol. The Morgan fingerprint density at radius 2 is 1.54 bits per heavy atom. The zero-order chi connectivity index (χ0) is 18.4. The van der Waals surface area contributed by atoms with Crippen molar-refractivity contribution in [2.75, 3.05) is 18.7 Å². The van der Waals surface area contributed by atoms with E-state index in [0.717, 1.165) is 0 Å². The Balaban J connectivity index is 1.89.